The second-order valence-electron chi connectivity index (χ2n) is 5.71. The smallest absolute Gasteiger partial charge is 0.347 e. The highest BCUT2D eigenvalue weighted by Crippen LogP contribution is 2.33. The van der Waals surface area contributed by atoms with Crippen molar-refractivity contribution in [1.29, 1.82) is 5.26 Å². The Morgan fingerprint density at radius 1 is 1.33 bits per heavy atom. The van der Waals surface area contributed by atoms with Crippen LogP contribution in [0, 0.1) is 18.3 Å². The quantitative estimate of drug-likeness (QED) is 0.853. The molecule has 24 heavy (non-hydrogen) atoms. The van der Waals surface area contributed by atoms with Crippen LogP contribution in [-0.4, -0.2) is 19.8 Å². The highest BCUT2D eigenvalue weighted by atomic mass is 32.1. The lowest BCUT2D eigenvalue weighted by atomic mass is 10.1. The van der Waals surface area contributed by atoms with E-state index in [1.807, 2.05) is 6.92 Å². The molecule has 2 heterocycles. The Kier molecular flexibility index (Phi) is 4.62. The molecule has 0 aliphatic carbocycles. The Balaban J connectivity index is 2.31. The number of rotatable bonds is 3. The number of aromatic nitrogens is 3. The minimum atomic E-state index is -4.67. The number of nitriles is 1. The van der Waals surface area contributed by atoms with Crippen LogP contribution in [0.1, 0.15) is 30.7 Å². The number of nitrogens with zero attached hydrogens (tertiary/aromatic N) is 4. The van der Waals surface area contributed by atoms with Gasteiger partial charge in [-0.05, 0) is 32.4 Å². The molecule has 0 bridgehead atoms. The molecule has 0 saturated carbocycles. The summed E-state index contributed by atoms with van der Waals surface area (Å²) in [5.41, 5.74) is -1.55. The molecule has 0 spiro atoms. The second-order valence-corrected chi connectivity index (χ2v) is 6.11. The number of aryl methyl sites for hydroxylation is 1. The van der Waals surface area contributed by atoms with Crippen LogP contribution in [0.4, 0.5) is 18.9 Å². The predicted molar refractivity (Wildman–Crippen MR) is 86.5 cm³/mol. The van der Waals surface area contributed by atoms with Crippen LogP contribution in [0.3, 0.4) is 0 Å². The van der Waals surface area contributed by atoms with Gasteiger partial charge in [0.1, 0.15) is 16.6 Å². The monoisotopic (exact) mass is 353 g/mol. The number of halogens is 3. The van der Waals surface area contributed by atoms with Crippen LogP contribution < -0.4 is 5.32 Å². The highest BCUT2D eigenvalue weighted by Gasteiger charge is 2.35. The van der Waals surface area contributed by atoms with Gasteiger partial charge in [-0.15, -0.1) is 0 Å². The number of pyridine rings is 1. The summed E-state index contributed by atoms with van der Waals surface area (Å²) in [6.07, 6.45) is -0.0853. The van der Waals surface area contributed by atoms with Crippen LogP contribution in [0.25, 0.3) is 0 Å². The maximum absolute atomic E-state index is 13.0. The molecule has 0 atom stereocenters. The summed E-state index contributed by atoms with van der Waals surface area (Å²) in [6.45, 7) is 5.45. The van der Waals surface area contributed by atoms with E-state index in [2.05, 4.69) is 15.4 Å². The van der Waals surface area contributed by atoms with Crippen molar-refractivity contribution in [3.63, 3.8) is 0 Å². The van der Waals surface area contributed by atoms with E-state index in [1.54, 1.807) is 30.9 Å². The summed E-state index contributed by atoms with van der Waals surface area (Å²) >= 11 is 5.32. The van der Waals surface area contributed by atoms with Gasteiger partial charge in [0.05, 0.1) is 23.6 Å². The first-order valence-electron chi connectivity index (χ1n) is 6.86. The third kappa shape index (κ3) is 3.54. The molecule has 0 aliphatic rings. The van der Waals surface area contributed by atoms with E-state index in [1.165, 1.54) is 6.07 Å². The van der Waals surface area contributed by atoms with Gasteiger partial charge in [0.2, 0.25) is 0 Å². The molecule has 5 nitrogen and oxygen atoms in total. The lowest BCUT2D eigenvalue weighted by Gasteiger charge is -2.27. The van der Waals surface area contributed by atoms with E-state index in [0.29, 0.717) is 0 Å². The third-order valence-electron chi connectivity index (χ3n) is 3.40. The molecule has 0 amide bonds. The third-order valence-corrected chi connectivity index (χ3v) is 4.00. The first-order valence-corrected chi connectivity index (χ1v) is 7.27. The van der Waals surface area contributed by atoms with E-state index >= 15 is 0 Å². The van der Waals surface area contributed by atoms with Crippen molar-refractivity contribution < 1.29 is 13.2 Å². The topological polar surface area (TPSA) is 66.5 Å². The molecule has 2 aromatic rings. The summed E-state index contributed by atoms with van der Waals surface area (Å²) < 4.78 is 40.6. The minimum Gasteiger partial charge on any atom is -0.347 e. The first-order chi connectivity index (χ1) is 11.1. The van der Waals surface area contributed by atoms with Crippen molar-refractivity contribution in [3.8, 4) is 6.07 Å². The summed E-state index contributed by atoms with van der Waals surface area (Å²) in [6, 6.07) is 2.26. The molecule has 126 valence electrons. The van der Waals surface area contributed by atoms with Crippen LogP contribution in [0.15, 0.2) is 24.7 Å². The Morgan fingerprint density at radius 3 is 2.50 bits per heavy atom. The summed E-state index contributed by atoms with van der Waals surface area (Å²) in [5.74, 6) is 0. The molecular formula is C15H14F3N5S. The van der Waals surface area contributed by atoms with Crippen LogP contribution in [0.5, 0.6) is 0 Å². The summed E-state index contributed by atoms with van der Waals surface area (Å²) in [7, 11) is 0. The fourth-order valence-corrected chi connectivity index (χ4v) is 2.16. The molecule has 2 rings (SSSR count). The fourth-order valence-electron chi connectivity index (χ4n) is 1.94. The number of anilines is 1. The molecule has 9 heteroatoms. The largest absolute Gasteiger partial charge is 0.419 e. The molecule has 0 fully saturated rings. The Hall–Kier alpha value is -2.47. The number of thiocarbonyl (C=S) groups is 1. The van der Waals surface area contributed by atoms with Crippen LogP contribution >= 0.6 is 12.2 Å². The zero-order valence-electron chi connectivity index (χ0n) is 13.1. The average molecular weight is 353 g/mol. The van der Waals surface area contributed by atoms with Gasteiger partial charge in [-0.1, -0.05) is 12.2 Å². The van der Waals surface area contributed by atoms with E-state index in [0.717, 1.165) is 17.8 Å². The van der Waals surface area contributed by atoms with Gasteiger partial charge in [-0.2, -0.15) is 23.5 Å². The van der Waals surface area contributed by atoms with Crippen molar-refractivity contribution in [2.75, 3.05) is 5.32 Å². The molecule has 0 aliphatic heterocycles. The summed E-state index contributed by atoms with van der Waals surface area (Å²) in [5, 5.41) is 15.7. The SMILES string of the molecule is Cc1cnn(C(C)(C)C(=S)Nc2cnc(C#N)c(C(F)(F)F)c2)c1. The van der Waals surface area contributed by atoms with Crippen molar-refractivity contribution in [2.24, 2.45) is 0 Å². The average Bonchev–Trinajstić information content (AvgIpc) is 2.93. The highest BCUT2D eigenvalue weighted by molar-refractivity contribution is 7.80. The standard InChI is InChI=1S/C15H14F3N5S/c1-9-6-21-23(8-9)14(2,3)13(24)22-10-4-11(15(16,17)18)12(5-19)20-7-10/h4,6-8H,1-3H3,(H,22,24). The molecule has 0 unspecified atom stereocenters. The molecule has 1 N–H and O–H groups in total. The normalized spacial score (nSPS) is 11.9. The lowest BCUT2D eigenvalue weighted by molar-refractivity contribution is -0.138. The Morgan fingerprint density at radius 2 is 2.00 bits per heavy atom. The van der Waals surface area contributed by atoms with E-state index in [-0.39, 0.29) is 10.7 Å². The van der Waals surface area contributed by atoms with E-state index in [4.69, 9.17) is 17.5 Å². The van der Waals surface area contributed by atoms with Crippen LogP contribution in [0.2, 0.25) is 0 Å². The minimum absolute atomic E-state index is 0.0586. The van der Waals surface area contributed by atoms with E-state index < -0.39 is 23.0 Å². The Labute approximate surface area is 142 Å². The number of hydrogen-bond donors (Lipinski definition) is 1. The van der Waals surface area contributed by atoms with Gasteiger partial charge in [0.25, 0.3) is 0 Å². The van der Waals surface area contributed by atoms with Gasteiger partial charge in [0.15, 0.2) is 5.69 Å². The van der Waals surface area contributed by atoms with Crippen LogP contribution in [-0.2, 0) is 11.7 Å². The molecule has 0 aromatic carbocycles. The fraction of sp³-hybridized carbons (Fsp3) is 0.333. The Bertz CT molecular complexity index is 817. The van der Waals surface area contributed by atoms with E-state index in [9.17, 15) is 13.2 Å². The maximum atomic E-state index is 13.0. The number of nitrogens with one attached hydrogen (secondary N) is 1. The maximum Gasteiger partial charge on any atom is 0.419 e. The molecule has 2 aromatic heterocycles. The van der Waals surface area contributed by atoms with Gasteiger partial charge in [-0.25, -0.2) is 4.98 Å². The number of hydrogen-bond acceptors (Lipinski definition) is 4. The number of alkyl halides is 3. The molecule has 0 radical (unpaired) electrons. The van der Waals surface area contributed by atoms with Crippen molar-refractivity contribution in [1.82, 2.24) is 14.8 Å². The van der Waals surface area contributed by atoms with Gasteiger partial charge < -0.3 is 5.32 Å². The first kappa shape index (κ1) is 17.9. The zero-order chi connectivity index (χ0) is 18.1. The molecule has 0 saturated heterocycles. The van der Waals surface area contributed by atoms with Crippen molar-refractivity contribution in [2.45, 2.75) is 32.5 Å². The summed E-state index contributed by atoms with van der Waals surface area (Å²) in [4.78, 5) is 3.82. The predicted octanol–water partition coefficient (Wildman–Crippen LogP) is 3.65. The molecular weight excluding hydrogens is 339 g/mol. The van der Waals surface area contributed by atoms with Crippen molar-refractivity contribution in [3.05, 3.63) is 41.5 Å². The van der Waals surface area contributed by atoms with Gasteiger partial charge >= 0.3 is 6.18 Å². The lowest BCUT2D eigenvalue weighted by Crippen LogP contribution is -2.39. The second kappa shape index (κ2) is 6.20. The van der Waals surface area contributed by atoms with Crippen molar-refractivity contribution >= 4 is 22.9 Å². The van der Waals surface area contributed by atoms with Gasteiger partial charge in [0, 0.05) is 6.20 Å². The zero-order valence-corrected chi connectivity index (χ0v) is 14.0. The van der Waals surface area contributed by atoms with Gasteiger partial charge in [-0.3, -0.25) is 4.68 Å².